The van der Waals surface area contributed by atoms with Crippen LogP contribution in [0.4, 0.5) is 4.39 Å². The Labute approximate surface area is 77.8 Å². The number of rotatable bonds is 2. The zero-order valence-corrected chi connectivity index (χ0v) is 8.10. The lowest BCUT2D eigenvalue weighted by Crippen LogP contribution is -2.42. The minimum Gasteiger partial charge on any atom is -0.336 e. The maximum Gasteiger partial charge on any atom is 0.269 e. The topological polar surface area (TPSA) is 26.3 Å². The molecule has 0 amide bonds. The van der Waals surface area contributed by atoms with Crippen molar-refractivity contribution in [2.75, 3.05) is 6.61 Å². The summed E-state index contributed by atoms with van der Waals surface area (Å²) in [5, 5.41) is 0. The predicted octanol–water partition coefficient (Wildman–Crippen LogP) is 2.24. The van der Waals surface area contributed by atoms with Crippen LogP contribution in [0.1, 0.15) is 26.7 Å². The summed E-state index contributed by atoms with van der Waals surface area (Å²) in [5.74, 6) is -2.84. The summed E-state index contributed by atoms with van der Waals surface area (Å²) in [6.45, 7) is 7.20. The smallest absolute Gasteiger partial charge is 0.269 e. The highest BCUT2D eigenvalue weighted by atomic mass is 19.2. The van der Waals surface area contributed by atoms with Crippen molar-refractivity contribution in [2.45, 2.75) is 32.5 Å². The first kappa shape index (κ1) is 10.4. The molecule has 0 aromatic heterocycles. The van der Waals surface area contributed by atoms with E-state index in [9.17, 15) is 9.18 Å². The molecule has 1 saturated heterocycles. The molecule has 0 N–H and O–H groups in total. The molecule has 0 saturated carbocycles. The second-order valence-corrected chi connectivity index (χ2v) is 3.79. The highest BCUT2D eigenvalue weighted by Gasteiger charge is 2.42. The molecular formula is C10H15FO2. The van der Waals surface area contributed by atoms with Crippen LogP contribution in [0.2, 0.25) is 0 Å². The van der Waals surface area contributed by atoms with Gasteiger partial charge in [0.1, 0.15) is 0 Å². The van der Waals surface area contributed by atoms with Crippen molar-refractivity contribution in [1.29, 1.82) is 0 Å². The number of ketones is 1. The van der Waals surface area contributed by atoms with Crippen molar-refractivity contribution >= 4 is 5.78 Å². The molecule has 1 aliphatic heterocycles. The Morgan fingerprint density at radius 1 is 1.69 bits per heavy atom. The van der Waals surface area contributed by atoms with E-state index in [1.54, 1.807) is 13.8 Å². The Kier molecular flexibility index (Phi) is 2.86. The van der Waals surface area contributed by atoms with Gasteiger partial charge in [-0.05, 0) is 6.42 Å². The lowest BCUT2D eigenvalue weighted by Gasteiger charge is -2.30. The van der Waals surface area contributed by atoms with Gasteiger partial charge in [-0.3, -0.25) is 4.79 Å². The van der Waals surface area contributed by atoms with Gasteiger partial charge < -0.3 is 4.74 Å². The normalized spacial score (nSPS) is 29.4. The fraction of sp³-hybridized carbons (Fsp3) is 0.700. The van der Waals surface area contributed by atoms with Gasteiger partial charge in [-0.2, -0.15) is 0 Å². The average Bonchev–Trinajstić information content (AvgIpc) is 2.09. The summed E-state index contributed by atoms with van der Waals surface area (Å²) in [7, 11) is 0. The van der Waals surface area contributed by atoms with E-state index in [4.69, 9.17) is 4.74 Å². The molecule has 0 aromatic carbocycles. The Bertz CT molecular complexity index is 223. The van der Waals surface area contributed by atoms with Crippen molar-refractivity contribution in [3.8, 4) is 0 Å². The van der Waals surface area contributed by atoms with Crippen LogP contribution < -0.4 is 0 Å². The van der Waals surface area contributed by atoms with E-state index >= 15 is 0 Å². The molecule has 2 nitrogen and oxygen atoms in total. The minimum atomic E-state index is -2.06. The molecule has 0 aromatic rings. The molecule has 1 heterocycles. The summed E-state index contributed by atoms with van der Waals surface area (Å²) in [4.78, 5) is 11.4. The highest BCUT2D eigenvalue weighted by molar-refractivity contribution is 5.87. The minimum absolute atomic E-state index is 0.114. The van der Waals surface area contributed by atoms with Gasteiger partial charge in [-0.25, -0.2) is 4.39 Å². The fourth-order valence-electron chi connectivity index (χ4n) is 1.32. The van der Waals surface area contributed by atoms with Crippen LogP contribution in [0.3, 0.4) is 0 Å². The standard InChI is InChI=1S/C10H15FO2/c1-7(2)9(12)10(11)5-4-8(3)6-13-10/h7H,3-6H2,1-2H3. The van der Waals surface area contributed by atoms with Crippen LogP contribution in [-0.4, -0.2) is 18.2 Å². The van der Waals surface area contributed by atoms with Gasteiger partial charge in [0, 0.05) is 12.3 Å². The third-order valence-electron chi connectivity index (χ3n) is 2.20. The van der Waals surface area contributed by atoms with Crippen molar-refractivity contribution < 1.29 is 13.9 Å². The first-order valence-corrected chi connectivity index (χ1v) is 4.49. The molecule has 74 valence electrons. The van der Waals surface area contributed by atoms with Crippen molar-refractivity contribution in [3.05, 3.63) is 12.2 Å². The second-order valence-electron chi connectivity index (χ2n) is 3.79. The first-order chi connectivity index (χ1) is 5.96. The summed E-state index contributed by atoms with van der Waals surface area (Å²) in [6, 6.07) is 0. The van der Waals surface area contributed by atoms with Crippen LogP contribution in [0.5, 0.6) is 0 Å². The summed E-state index contributed by atoms with van der Waals surface area (Å²) in [6.07, 6.45) is 0.651. The Morgan fingerprint density at radius 2 is 2.31 bits per heavy atom. The zero-order chi connectivity index (χ0) is 10.1. The van der Waals surface area contributed by atoms with Gasteiger partial charge in [0.15, 0.2) is 5.78 Å². The average molecular weight is 186 g/mol. The van der Waals surface area contributed by atoms with Crippen molar-refractivity contribution in [1.82, 2.24) is 0 Å². The van der Waals surface area contributed by atoms with Gasteiger partial charge in [0.25, 0.3) is 5.85 Å². The van der Waals surface area contributed by atoms with Gasteiger partial charge in [0.2, 0.25) is 0 Å². The third-order valence-corrected chi connectivity index (χ3v) is 2.20. The number of carbonyl (C=O) groups excluding carboxylic acids is 1. The molecule has 1 atom stereocenters. The van der Waals surface area contributed by atoms with Gasteiger partial charge in [-0.15, -0.1) is 0 Å². The number of hydrogen-bond acceptors (Lipinski definition) is 2. The molecule has 0 aliphatic carbocycles. The molecule has 0 bridgehead atoms. The second kappa shape index (κ2) is 3.58. The summed E-state index contributed by atoms with van der Waals surface area (Å²) in [5.41, 5.74) is 0.852. The fourth-order valence-corrected chi connectivity index (χ4v) is 1.32. The quantitative estimate of drug-likeness (QED) is 0.618. The Morgan fingerprint density at radius 3 is 2.69 bits per heavy atom. The van der Waals surface area contributed by atoms with Crippen LogP contribution >= 0.6 is 0 Å². The van der Waals surface area contributed by atoms with Gasteiger partial charge >= 0.3 is 0 Å². The molecule has 13 heavy (non-hydrogen) atoms. The first-order valence-electron chi connectivity index (χ1n) is 4.49. The van der Waals surface area contributed by atoms with Gasteiger partial charge in [-0.1, -0.05) is 26.0 Å². The number of hydrogen-bond donors (Lipinski definition) is 0. The SMILES string of the molecule is C=C1CCC(F)(C(=O)C(C)C)OC1. The monoisotopic (exact) mass is 186 g/mol. The van der Waals surface area contributed by atoms with E-state index in [1.807, 2.05) is 0 Å². The van der Waals surface area contributed by atoms with E-state index in [2.05, 4.69) is 6.58 Å². The number of halogens is 1. The van der Waals surface area contributed by atoms with E-state index in [-0.39, 0.29) is 18.9 Å². The molecule has 0 spiro atoms. The largest absolute Gasteiger partial charge is 0.336 e. The number of Topliss-reactive ketones (excluding diaryl/α,β-unsaturated/α-hetero) is 1. The Hall–Kier alpha value is -0.700. The van der Waals surface area contributed by atoms with Crippen LogP contribution in [0.15, 0.2) is 12.2 Å². The van der Waals surface area contributed by atoms with E-state index in [0.29, 0.717) is 6.42 Å². The van der Waals surface area contributed by atoms with Crippen LogP contribution in [-0.2, 0) is 9.53 Å². The Balaban J connectivity index is 2.67. The van der Waals surface area contributed by atoms with Crippen LogP contribution in [0.25, 0.3) is 0 Å². The molecule has 1 rings (SSSR count). The van der Waals surface area contributed by atoms with E-state index < -0.39 is 11.6 Å². The molecule has 1 aliphatic rings. The highest BCUT2D eigenvalue weighted by Crippen LogP contribution is 2.31. The zero-order valence-electron chi connectivity index (χ0n) is 8.10. The summed E-state index contributed by atoms with van der Waals surface area (Å²) >= 11 is 0. The van der Waals surface area contributed by atoms with Gasteiger partial charge in [0.05, 0.1) is 6.61 Å². The van der Waals surface area contributed by atoms with Crippen molar-refractivity contribution in [2.24, 2.45) is 5.92 Å². The van der Waals surface area contributed by atoms with E-state index in [1.165, 1.54) is 0 Å². The van der Waals surface area contributed by atoms with Crippen LogP contribution in [0, 0.1) is 5.92 Å². The maximum absolute atomic E-state index is 13.8. The molecule has 1 unspecified atom stereocenters. The predicted molar refractivity (Wildman–Crippen MR) is 48.0 cm³/mol. The molecule has 0 radical (unpaired) electrons. The molecule has 3 heteroatoms. The summed E-state index contributed by atoms with van der Waals surface area (Å²) < 4.78 is 18.7. The molecular weight excluding hydrogens is 171 g/mol. The number of ether oxygens (including phenoxy) is 1. The molecule has 1 fully saturated rings. The maximum atomic E-state index is 13.8. The lowest BCUT2D eigenvalue weighted by atomic mass is 9.94. The number of alkyl halides is 1. The van der Waals surface area contributed by atoms with Crippen molar-refractivity contribution in [3.63, 3.8) is 0 Å². The number of carbonyl (C=O) groups is 1. The third kappa shape index (κ3) is 2.15. The van der Waals surface area contributed by atoms with E-state index in [0.717, 1.165) is 5.57 Å². The lowest BCUT2D eigenvalue weighted by molar-refractivity contribution is -0.182.